The van der Waals surface area contributed by atoms with Crippen LogP contribution in [0.5, 0.6) is 0 Å². The highest BCUT2D eigenvalue weighted by Crippen LogP contribution is 2.40. The average molecular weight is 275 g/mol. The monoisotopic (exact) mass is 275 g/mol. The first kappa shape index (κ1) is 12.6. The molecule has 0 saturated heterocycles. The quantitative estimate of drug-likeness (QED) is 0.835. The highest BCUT2D eigenvalue weighted by Gasteiger charge is 2.29. The summed E-state index contributed by atoms with van der Waals surface area (Å²) in [5, 5.41) is 4.34. The second kappa shape index (κ2) is 4.59. The molecule has 0 bridgehead atoms. The van der Waals surface area contributed by atoms with Crippen LogP contribution in [0, 0.1) is 6.92 Å². The molecule has 1 amide bonds. The third-order valence-corrected chi connectivity index (χ3v) is 3.20. The Kier molecular flexibility index (Phi) is 2.89. The molecule has 2 aromatic rings. The molecule has 7 heteroatoms. The van der Waals surface area contributed by atoms with E-state index in [1.54, 1.807) is 13.0 Å². The van der Waals surface area contributed by atoms with Gasteiger partial charge in [-0.05, 0) is 25.8 Å². The predicted octanol–water partition coefficient (Wildman–Crippen LogP) is 1.05. The highest BCUT2D eigenvalue weighted by atomic mass is 16.5. The van der Waals surface area contributed by atoms with Crippen LogP contribution in [0.3, 0.4) is 0 Å². The summed E-state index contributed by atoms with van der Waals surface area (Å²) in [5.41, 5.74) is 6.95. The number of esters is 1. The molecule has 0 radical (unpaired) electrons. The van der Waals surface area contributed by atoms with Crippen LogP contribution in [0.1, 0.15) is 40.5 Å². The minimum absolute atomic E-state index is 0.317. The van der Waals surface area contributed by atoms with E-state index in [1.807, 2.05) is 0 Å². The van der Waals surface area contributed by atoms with Crippen molar-refractivity contribution in [3.05, 3.63) is 23.0 Å². The van der Waals surface area contributed by atoms with Crippen molar-refractivity contribution in [3.63, 3.8) is 0 Å². The van der Waals surface area contributed by atoms with Gasteiger partial charge >= 0.3 is 5.97 Å². The first-order valence-corrected chi connectivity index (χ1v) is 6.28. The van der Waals surface area contributed by atoms with Crippen LogP contribution in [0.4, 0.5) is 0 Å². The van der Waals surface area contributed by atoms with Crippen LogP contribution < -0.4 is 5.73 Å². The van der Waals surface area contributed by atoms with Gasteiger partial charge in [0, 0.05) is 11.6 Å². The molecular weight excluding hydrogens is 262 g/mol. The number of aryl methyl sites for hydroxylation is 1. The van der Waals surface area contributed by atoms with Crippen molar-refractivity contribution in [2.75, 3.05) is 6.61 Å². The number of fused-ring (bicyclic) bond motifs is 1. The summed E-state index contributed by atoms with van der Waals surface area (Å²) < 4.78 is 9.99. The number of carbonyl (C=O) groups excluding carboxylic acids is 2. The Bertz CT molecular complexity index is 703. The second-order valence-electron chi connectivity index (χ2n) is 4.86. The van der Waals surface area contributed by atoms with Gasteiger partial charge in [-0.1, -0.05) is 5.16 Å². The zero-order valence-corrected chi connectivity index (χ0v) is 10.9. The predicted molar refractivity (Wildman–Crippen MR) is 68.0 cm³/mol. The van der Waals surface area contributed by atoms with Gasteiger partial charge in [-0.25, -0.2) is 9.78 Å². The van der Waals surface area contributed by atoms with Crippen molar-refractivity contribution in [1.82, 2.24) is 10.1 Å². The average Bonchev–Trinajstić information content (AvgIpc) is 3.20. The molecule has 104 valence electrons. The number of hydrogen-bond donors (Lipinski definition) is 1. The van der Waals surface area contributed by atoms with E-state index in [-0.39, 0.29) is 0 Å². The number of rotatable bonds is 4. The standard InChI is InChI=1S/C13H13N3O4/c1-6-11-8(13(18)19-5-10(14)17)4-9(7-2-3-7)15-12(11)20-16-6/h4,7H,2-3,5H2,1H3,(H2,14,17). The normalized spacial score (nSPS) is 14.4. The molecule has 1 aliphatic rings. The molecule has 0 aromatic carbocycles. The molecule has 20 heavy (non-hydrogen) atoms. The van der Waals surface area contributed by atoms with Gasteiger partial charge in [0.1, 0.15) is 0 Å². The van der Waals surface area contributed by atoms with E-state index in [1.165, 1.54) is 0 Å². The molecule has 7 nitrogen and oxygen atoms in total. The smallest absolute Gasteiger partial charge is 0.339 e. The van der Waals surface area contributed by atoms with Crippen LogP contribution in [0.25, 0.3) is 11.1 Å². The zero-order valence-electron chi connectivity index (χ0n) is 10.9. The largest absolute Gasteiger partial charge is 0.452 e. The van der Waals surface area contributed by atoms with Gasteiger partial charge in [-0.3, -0.25) is 4.79 Å². The highest BCUT2D eigenvalue weighted by molar-refractivity contribution is 6.03. The summed E-state index contributed by atoms with van der Waals surface area (Å²) in [5.74, 6) is -0.968. The fourth-order valence-corrected chi connectivity index (χ4v) is 2.08. The van der Waals surface area contributed by atoms with Crippen molar-refractivity contribution in [2.24, 2.45) is 5.73 Å². The lowest BCUT2D eigenvalue weighted by Crippen LogP contribution is -2.21. The lowest BCUT2D eigenvalue weighted by Gasteiger charge is -2.05. The van der Waals surface area contributed by atoms with Gasteiger partial charge in [-0.15, -0.1) is 0 Å². The molecule has 0 unspecified atom stereocenters. The van der Waals surface area contributed by atoms with Crippen LogP contribution in [0.2, 0.25) is 0 Å². The van der Waals surface area contributed by atoms with Crippen LogP contribution in [-0.4, -0.2) is 28.6 Å². The number of carbonyl (C=O) groups is 2. The minimum Gasteiger partial charge on any atom is -0.452 e. The van der Waals surface area contributed by atoms with E-state index in [2.05, 4.69) is 10.1 Å². The number of amides is 1. The summed E-state index contributed by atoms with van der Waals surface area (Å²) in [4.78, 5) is 27.2. The Hall–Kier alpha value is -2.44. The van der Waals surface area contributed by atoms with E-state index in [0.717, 1.165) is 18.5 Å². The molecule has 2 N–H and O–H groups in total. The Morgan fingerprint density at radius 1 is 1.50 bits per heavy atom. The summed E-state index contributed by atoms with van der Waals surface area (Å²) in [6.07, 6.45) is 2.09. The lowest BCUT2D eigenvalue weighted by molar-refractivity contribution is -0.121. The topological polar surface area (TPSA) is 108 Å². The van der Waals surface area contributed by atoms with Crippen LogP contribution in [-0.2, 0) is 9.53 Å². The molecule has 1 fully saturated rings. The third-order valence-electron chi connectivity index (χ3n) is 3.20. The summed E-state index contributed by atoms with van der Waals surface area (Å²) >= 11 is 0. The maximum atomic E-state index is 12.1. The molecule has 0 atom stereocenters. The van der Waals surface area contributed by atoms with Crippen molar-refractivity contribution >= 4 is 23.0 Å². The number of aromatic nitrogens is 2. The Morgan fingerprint density at radius 3 is 2.90 bits per heavy atom. The lowest BCUT2D eigenvalue weighted by atomic mass is 10.1. The molecule has 2 heterocycles. The Morgan fingerprint density at radius 2 is 2.25 bits per heavy atom. The van der Waals surface area contributed by atoms with Crippen molar-refractivity contribution < 1.29 is 18.8 Å². The van der Waals surface area contributed by atoms with E-state index in [9.17, 15) is 9.59 Å². The van der Waals surface area contributed by atoms with Crippen LogP contribution >= 0.6 is 0 Å². The maximum Gasteiger partial charge on any atom is 0.339 e. The molecule has 2 aromatic heterocycles. The van der Waals surface area contributed by atoms with Gasteiger partial charge in [-0.2, -0.15) is 0 Å². The number of nitrogens with two attached hydrogens (primary N) is 1. The fraction of sp³-hybridized carbons (Fsp3) is 0.385. The summed E-state index contributed by atoms with van der Waals surface area (Å²) in [7, 11) is 0. The number of ether oxygens (including phenoxy) is 1. The second-order valence-corrected chi connectivity index (χ2v) is 4.86. The number of primary amides is 1. The Labute approximate surface area is 114 Å². The van der Waals surface area contributed by atoms with Gasteiger partial charge in [0.15, 0.2) is 6.61 Å². The van der Waals surface area contributed by atoms with E-state index >= 15 is 0 Å². The zero-order chi connectivity index (χ0) is 14.3. The molecular formula is C13H13N3O4. The third kappa shape index (κ3) is 2.22. The molecule has 0 aliphatic heterocycles. The maximum absolute atomic E-state index is 12.1. The molecule has 1 aliphatic carbocycles. The first-order valence-electron chi connectivity index (χ1n) is 6.28. The minimum atomic E-state index is -0.701. The van der Waals surface area contributed by atoms with E-state index < -0.39 is 18.5 Å². The van der Waals surface area contributed by atoms with Crippen molar-refractivity contribution in [2.45, 2.75) is 25.7 Å². The molecule has 3 rings (SSSR count). The van der Waals surface area contributed by atoms with Gasteiger partial charge in [0.05, 0.1) is 16.6 Å². The van der Waals surface area contributed by atoms with Crippen molar-refractivity contribution in [1.29, 1.82) is 0 Å². The van der Waals surface area contributed by atoms with E-state index in [0.29, 0.717) is 28.3 Å². The van der Waals surface area contributed by atoms with Crippen molar-refractivity contribution in [3.8, 4) is 0 Å². The molecule has 0 spiro atoms. The van der Waals surface area contributed by atoms with Gasteiger partial charge < -0.3 is 15.0 Å². The fourth-order valence-electron chi connectivity index (χ4n) is 2.08. The van der Waals surface area contributed by atoms with Gasteiger partial charge in [0.2, 0.25) is 0 Å². The first-order chi connectivity index (χ1) is 9.56. The number of pyridine rings is 1. The SMILES string of the molecule is Cc1noc2nc(C3CC3)cc(C(=O)OCC(N)=O)c12. The van der Waals surface area contributed by atoms with Gasteiger partial charge in [0.25, 0.3) is 11.6 Å². The Balaban J connectivity index is 2.04. The molecule has 1 saturated carbocycles. The number of hydrogen-bond acceptors (Lipinski definition) is 6. The number of nitrogens with zero attached hydrogens (tertiary/aromatic N) is 2. The summed E-state index contributed by atoms with van der Waals surface area (Å²) in [6.45, 7) is 1.26. The van der Waals surface area contributed by atoms with Crippen LogP contribution in [0.15, 0.2) is 10.6 Å². The van der Waals surface area contributed by atoms with E-state index in [4.69, 9.17) is 15.0 Å². The summed E-state index contributed by atoms with van der Waals surface area (Å²) in [6, 6.07) is 1.69.